The Morgan fingerprint density at radius 2 is 2.16 bits per heavy atom. The third kappa shape index (κ3) is 2.74. The van der Waals surface area contributed by atoms with Crippen LogP contribution in [0.25, 0.3) is 0 Å². The Kier molecular flexibility index (Phi) is 3.52. The molecule has 0 aliphatic rings. The molecule has 0 aromatic carbocycles. The van der Waals surface area contributed by atoms with E-state index in [0.717, 1.165) is 23.8 Å². The van der Waals surface area contributed by atoms with Crippen molar-refractivity contribution in [1.29, 1.82) is 0 Å². The number of nitrogens with zero attached hydrogens (tertiary/aromatic N) is 2. The molecule has 0 fully saturated rings. The Balaban J connectivity index is 2.24. The van der Waals surface area contributed by atoms with Crippen LogP contribution in [0.15, 0.2) is 18.3 Å². The number of carboxylic acids is 1. The van der Waals surface area contributed by atoms with E-state index in [9.17, 15) is 14.0 Å². The van der Waals surface area contributed by atoms with Crippen molar-refractivity contribution < 1.29 is 19.1 Å². The highest BCUT2D eigenvalue weighted by atomic mass is 32.1. The predicted molar refractivity (Wildman–Crippen MR) is 66.0 cm³/mol. The van der Waals surface area contributed by atoms with E-state index >= 15 is 0 Å². The molecule has 0 atom stereocenters. The van der Waals surface area contributed by atoms with Gasteiger partial charge in [0.05, 0.1) is 11.9 Å². The van der Waals surface area contributed by atoms with E-state index in [1.54, 1.807) is 0 Å². The minimum absolute atomic E-state index is 0.0104. The lowest BCUT2D eigenvalue weighted by Gasteiger charge is -2.02. The molecule has 0 saturated carbocycles. The normalized spacial score (nSPS) is 10.2. The number of aromatic nitrogens is 2. The van der Waals surface area contributed by atoms with Gasteiger partial charge in [-0.15, -0.1) is 0 Å². The fourth-order valence-electron chi connectivity index (χ4n) is 1.38. The molecule has 2 heterocycles. The molecule has 0 aliphatic carbocycles. The molecule has 1 amide bonds. The molecule has 0 aliphatic heterocycles. The van der Waals surface area contributed by atoms with E-state index in [4.69, 9.17) is 5.11 Å². The Morgan fingerprint density at radius 1 is 1.42 bits per heavy atom. The number of halogens is 1. The summed E-state index contributed by atoms with van der Waals surface area (Å²) >= 11 is 0.866. The number of amides is 1. The van der Waals surface area contributed by atoms with Gasteiger partial charge in [-0.3, -0.25) is 4.79 Å². The van der Waals surface area contributed by atoms with Crippen LogP contribution >= 0.6 is 11.5 Å². The van der Waals surface area contributed by atoms with Gasteiger partial charge in [0.25, 0.3) is 5.91 Å². The van der Waals surface area contributed by atoms with Crippen molar-refractivity contribution >= 4 is 28.4 Å². The van der Waals surface area contributed by atoms with Crippen LogP contribution in [-0.4, -0.2) is 26.3 Å². The fourth-order valence-corrected chi connectivity index (χ4v) is 2.17. The van der Waals surface area contributed by atoms with Crippen molar-refractivity contribution in [3.8, 4) is 0 Å². The summed E-state index contributed by atoms with van der Waals surface area (Å²) in [6, 6.07) is 2.30. The number of hydrogen-bond acceptors (Lipinski definition) is 5. The van der Waals surface area contributed by atoms with Crippen molar-refractivity contribution in [2.45, 2.75) is 6.92 Å². The highest BCUT2D eigenvalue weighted by Gasteiger charge is 2.20. The number of nitrogens with one attached hydrogen (secondary N) is 1. The molecule has 0 bridgehead atoms. The predicted octanol–water partition coefficient (Wildman–Crippen LogP) is 1.94. The number of aromatic carboxylic acids is 1. The minimum atomic E-state index is -1.17. The zero-order chi connectivity index (χ0) is 14.0. The number of carbonyl (C=O) groups excluding carboxylic acids is 1. The monoisotopic (exact) mass is 281 g/mol. The summed E-state index contributed by atoms with van der Waals surface area (Å²) < 4.78 is 16.5. The van der Waals surface area contributed by atoms with Crippen molar-refractivity contribution in [3.05, 3.63) is 41.1 Å². The molecule has 2 rings (SSSR count). The maximum Gasteiger partial charge on any atom is 0.340 e. The van der Waals surface area contributed by atoms with E-state index < -0.39 is 17.7 Å². The summed E-state index contributed by atoms with van der Waals surface area (Å²) in [5, 5.41) is 11.5. The lowest BCUT2D eigenvalue weighted by Crippen LogP contribution is -2.15. The van der Waals surface area contributed by atoms with Gasteiger partial charge >= 0.3 is 5.97 Å². The number of hydrogen-bond donors (Lipinski definition) is 2. The zero-order valence-corrected chi connectivity index (χ0v) is 10.5. The van der Waals surface area contributed by atoms with Crippen molar-refractivity contribution in [2.24, 2.45) is 0 Å². The average molecular weight is 281 g/mol. The molecule has 19 heavy (non-hydrogen) atoms. The number of aryl methyl sites for hydroxylation is 1. The summed E-state index contributed by atoms with van der Waals surface area (Å²) in [7, 11) is 0. The maximum atomic E-state index is 12.7. The van der Waals surface area contributed by atoms with Crippen LogP contribution in [0, 0.1) is 12.7 Å². The lowest BCUT2D eigenvalue weighted by atomic mass is 10.2. The van der Waals surface area contributed by atoms with E-state index in [2.05, 4.69) is 14.7 Å². The van der Waals surface area contributed by atoms with Gasteiger partial charge in [-0.1, -0.05) is 0 Å². The summed E-state index contributed by atoms with van der Waals surface area (Å²) in [6.45, 7) is 1.53. The molecule has 0 spiro atoms. The summed E-state index contributed by atoms with van der Waals surface area (Å²) in [4.78, 5) is 26.4. The van der Waals surface area contributed by atoms with E-state index in [1.807, 2.05) is 0 Å². The smallest absolute Gasteiger partial charge is 0.340 e. The first-order chi connectivity index (χ1) is 8.99. The first-order valence-electron chi connectivity index (χ1n) is 5.11. The minimum Gasteiger partial charge on any atom is -0.478 e. The molecule has 2 N–H and O–H groups in total. The molecule has 0 unspecified atom stereocenters. The second kappa shape index (κ2) is 5.11. The van der Waals surface area contributed by atoms with Gasteiger partial charge in [0.2, 0.25) is 0 Å². The van der Waals surface area contributed by atoms with E-state index in [1.165, 1.54) is 13.0 Å². The molecule has 8 heteroatoms. The van der Waals surface area contributed by atoms with Gasteiger partial charge in [-0.05, 0) is 30.6 Å². The molecule has 0 radical (unpaired) electrons. The van der Waals surface area contributed by atoms with Crippen LogP contribution in [0.2, 0.25) is 0 Å². The van der Waals surface area contributed by atoms with Crippen molar-refractivity contribution in [3.63, 3.8) is 0 Å². The third-order valence-corrected chi connectivity index (χ3v) is 3.12. The maximum absolute atomic E-state index is 12.7. The van der Waals surface area contributed by atoms with Gasteiger partial charge in [0.15, 0.2) is 0 Å². The third-order valence-electron chi connectivity index (χ3n) is 2.26. The van der Waals surface area contributed by atoms with E-state index in [-0.39, 0.29) is 16.3 Å². The molecular formula is C11H8FN3O3S. The molecular weight excluding hydrogens is 273 g/mol. The second-order valence-electron chi connectivity index (χ2n) is 3.59. The van der Waals surface area contributed by atoms with Gasteiger partial charge in [0.1, 0.15) is 22.1 Å². The summed E-state index contributed by atoms with van der Waals surface area (Å²) in [6.07, 6.45) is 0.908. The molecule has 6 nitrogen and oxygen atoms in total. The Morgan fingerprint density at radius 3 is 2.74 bits per heavy atom. The summed E-state index contributed by atoms with van der Waals surface area (Å²) in [5.41, 5.74) is 0.254. The number of anilines is 1. The highest BCUT2D eigenvalue weighted by Crippen LogP contribution is 2.24. The Labute approximate surface area is 111 Å². The van der Waals surface area contributed by atoms with Crippen LogP contribution in [0.3, 0.4) is 0 Å². The number of pyridine rings is 1. The molecule has 0 saturated heterocycles. The second-order valence-corrected chi connectivity index (χ2v) is 4.37. The van der Waals surface area contributed by atoms with E-state index in [0.29, 0.717) is 5.69 Å². The average Bonchev–Trinajstić information content (AvgIpc) is 2.71. The van der Waals surface area contributed by atoms with Gasteiger partial charge in [0, 0.05) is 0 Å². The summed E-state index contributed by atoms with van der Waals surface area (Å²) in [5.74, 6) is -2.35. The van der Waals surface area contributed by atoms with Crippen LogP contribution in [0.5, 0.6) is 0 Å². The van der Waals surface area contributed by atoms with Crippen LogP contribution < -0.4 is 5.32 Å². The first kappa shape index (κ1) is 13.1. The number of carboxylic acid groups (broad SMARTS) is 1. The standard InChI is InChI=1S/C11H8FN3O3S/c1-5-8(11(17)18)10(19-15-5)14-9(16)7-3-2-6(12)4-13-7/h2-4H,1H3,(H,14,16)(H,17,18). The molecule has 98 valence electrons. The highest BCUT2D eigenvalue weighted by molar-refractivity contribution is 7.11. The van der Waals surface area contributed by atoms with Gasteiger partial charge in [-0.2, -0.15) is 4.37 Å². The fraction of sp³-hybridized carbons (Fsp3) is 0.0909. The first-order valence-corrected chi connectivity index (χ1v) is 5.89. The molecule has 2 aromatic rings. The largest absolute Gasteiger partial charge is 0.478 e. The number of carbonyl (C=O) groups is 2. The molecule has 2 aromatic heterocycles. The quantitative estimate of drug-likeness (QED) is 0.896. The van der Waals surface area contributed by atoms with Crippen LogP contribution in [-0.2, 0) is 0 Å². The Bertz CT molecular complexity index is 639. The Hall–Kier alpha value is -2.35. The van der Waals surface area contributed by atoms with Crippen molar-refractivity contribution in [1.82, 2.24) is 9.36 Å². The van der Waals surface area contributed by atoms with Crippen LogP contribution in [0.1, 0.15) is 26.5 Å². The van der Waals surface area contributed by atoms with Crippen LogP contribution in [0.4, 0.5) is 9.39 Å². The topological polar surface area (TPSA) is 92.2 Å². The zero-order valence-electron chi connectivity index (χ0n) is 9.68. The van der Waals surface area contributed by atoms with Crippen molar-refractivity contribution in [2.75, 3.05) is 5.32 Å². The SMILES string of the molecule is Cc1nsc(NC(=O)c2ccc(F)cn2)c1C(=O)O. The van der Waals surface area contributed by atoms with Gasteiger partial charge in [-0.25, -0.2) is 14.2 Å². The lowest BCUT2D eigenvalue weighted by molar-refractivity contribution is 0.0697. The van der Waals surface area contributed by atoms with Gasteiger partial charge < -0.3 is 10.4 Å². The number of rotatable bonds is 3.